The van der Waals surface area contributed by atoms with Gasteiger partial charge in [-0.25, -0.2) is 4.68 Å². The first-order valence-corrected chi connectivity index (χ1v) is 10.2. The van der Waals surface area contributed by atoms with E-state index in [-0.39, 0.29) is 11.9 Å². The second-order valence-electron chi connectivity index (χ2n) is 7.50. The lowest BCUT2D eigenvalue weighted by Crippen LogP contribution is -2.33. The number of carbonyl (C=O) groups excluding carboxylic acids is 1. The lowest BCUT2D eigenvalue weighted by Gasteiger charge is -2.29. The third kappa shape index (κ3) is 3.44. The molecule has 6 nitrogen and oxygen atoms in total. The summed E-state index contributed by atoms with van der Waals surface area (Å²) in [6.07, 6.45) is 1.40. The van der Waals surface area contributed by atoms with Gasteiger partial charge in [-0.05, 0) is 32.0 Å². The molecule has 1 atom stereocenters. The summed E-state index contributed by atoms with van der Waals surface area (Å²) in [6, 6.07) is 16.5. The summed E-state index contributed by atoms with van der Waals surface area (Å²) < 4.78 is 2.01. The summed E-state index contributed by atoms with van der Waals surface area (Å²) in [5, 5.41) is 12.2. The maximum atomic E-state index is 13.2. The normalized spacial score (nSPS) is 13.7. The summed E-state index contributed by atoms with van der Waals surface area (Å²) in [4.78, 5) is 15.1. The molecule has 0 bridgehead atoms. The van der Waals surface area contributed by atoms with Crippen LogP contribution in [0.25, 0.3) is 22.5 Å². The molecule has 2 aromatic carbocycles. The van der Waals surface area contributed by atoms with Crippen molar-refractivity contribution in [2.24, 2.45) is 0 Å². The summed E-state index contributed by atoms with van der Waals surface area (Å²) in [7, 11) is 1.87. The Labute approximate surface area is 171 Å². The summed E-state index contributed by atoms with van der Waals surface area (Å²) in [6.45, 7) is 5.47. The molecule has 2 heterocycles. The maximum Gasteiger partial charge on any atom is 0.228 e. The van der Waals surface area contributed by atoms with Crippen molar-refractivity contribution in [3.8, 4) is 22.5 Å². The van der Waals surface area contributed by atoms with E-state index in [1.807, 2.05) is 47.0 Å². The fraction of sp³-hybridized carbons (Fsp3) is 0.348. The second-order valence-corrected chi connectivity index (χ2v) is 7.50. The maximum absolute atomic E-state index is 13.2. The zero-order valence-electron chi connectivity index (χ0n) is 17.2. The van der Waals surface area contributed by atoms with Gasteiger partial charge in [0.2, 0.25) is 5.91 Å². The van der Waals surface area contributed by atoms with E-state index in [1.165, 1.54) is 0 Å². The molecular formula is C23H27N5O. The number of nitrogens with one attached hydrogen (secondary N) is 1. The van der Waals surface area contributed by atoms with Crippen molar-refractivity contribution in [3.05, 3.63) is 54.1 Å². The fourth-order valence-corrected chi connectivity index (χ4v) is 3.85. The molecule has 3 aromatic rings. The standard InChI is InChI=1S/C23H27N5O/c1-4-16(2)28-23-19-11-7-8-12-20(19)27(21(29)13-14-24-3)15-17-9-5-6-10-18(17)22(23)25-26-28/h5-12,16,24H,4,13-15H2,1-3H3. The van der Waals surface area contributed by atoms with E-state index in [2.05, 4.69) is 47.7 Å². The van der Waals surface area contributed by atoms with Crippen LogP contribution in [0.15, 0.2) is 48.5 Å². The Balaban J connectivity index is 1.98. The molecule has 0 aliphatic carbocycles. The zero-order chi connectivity index (χ0) is 20.4. The van der Waals surface area contributed by atoms with Gasteiger partial charge in [0.1, 0.15) is 5.69 Å². The van der Waals surface area contributed by atoms with Crippen LogP contribution in [-0.4, -0.2) is 34.5 Å². The number of nitrogens with zero attached hydrogens (tertiary/aromatic N) is 4. The molecule has 0 saturated heterocycles. The number of anilines is 1. The quantitative estimate of drug-likeness (QED) is 0.715. The van der Waals surface area contributed by atoms with Gasteiger partial charge in [-0.1, -0.05) is 54.6 Å². The predicted octanol–water partition coefficient (Wildman–Crippen LogP) is 4.04. The Morgan fingerprint density at radius 1 is 1.14 bits per heavy atom. The number of fused-ring (bicyclic) bond motifs is 5. The molecule has 1 N–H and O–H groups in total. The van der Waals surface area contributed by atoms with Crippen LogP contribution in [-0.2, 0) is 11.3 Å². The molecule has 4 rings (SSSR count). The molecule has 29 heavy (non-hydrogen) atoms. The lowest BCUT2D eigenvalue weighted by atomic mass is 9.95. The van der Waals surface area contributed by atoms with Crippen molar-refractivity contribution in [1.82, 2.24) is 20.3 Å². The van der Waals surface area contributed by atoms with E-state index in [0.29, 0.717) is 19.5 Å². The largest absolute Gasteiger partial charge is 0.319 e. The molecule has 0 saturated carbocycles. The van der Waals surface area contributed by atoms with Crippen LogP contribution in [0.1, 0.15) is 38.3 Å². The third-order valence-electron chi connectivity index (χ3n) is 5.64. The summed E-state index contributed by atoms with van der Waals surface area (Å²) >= 11 is 0. The Morgan fingerprint density at radius 2 is 1.86 bits per heavy atom. The van der Waals surface area contributed by atoms with Crippen LogP contribution in [0, 0.1) is 0 Å². The van der Waals surface area contributed by atoms with Gasteiger partial charge in [-0.15, -0.1) is 5.10 Å². The number of benzene rings is 2. The second kappa shape index (κ2) is 8.17. The van der Waals surface area contributed by atoms with Gasteiger partial charge in [0.25, 0.3) is 0 Å². The number of amides is 1. The molecule has 1 unspecified atom stereocenters. The van der Waals surface area contributed by atoms with Crippen molar-refractivity contribution in [2.45, 2.75) is 39.3 Å². The Kier molecular flexibility index (Phi) is 5.45. The number of aromatic nitrogens is 3. The van der Waals surface area contributed by atoms with Crippen molar-refractivity contribution in [1.29, 1.82) is 0 Å². The SMILES string of the molecule is CCC(C)n1nnc2c1-c1ccccc1N(C(=O)CCNC)Cc1ccccc1-2. The van der Waals surface area contributed by atoms with Gasteiger partial charge < -0.3 is 10.2 Å². The Morgan fingerprint density at radius 3 is 2.62 bits per heavy atom. The lowest BCUT2D eigenvalue weighted by molar-refractivity contribution is -0.118. The number of hydrogen-bond acceptors (Lipinski definition) is 4. The number of hydrogen-bond donors (Lipinski definition) is 1. The predicted molar refractivity (Wildman–Crippen MR) is 116 cm³/mol. The summed E-state index contributed by atoms with van der Waals surface area (Å²) in [5.41, 5.74) is 5.90. The fourth-order valence-electron chi connectivity index (χ4n) is 3.85. The van der Waals surface area contributed by atoms with E-state index in [9.17, 15) is 4.79 Å². The van der Waals surface area contributed by atoms with Crippen LogP contribution >= 0.6 is 0 Å². The van der Waals surface area contributed by atoms with Crippen LogP contribution in [0.2, 0.25) is 0 Å². The van der Waals surface area contributed by atoms with Gasteiger partial charge in [0.15, 0.2) is 0 Å². The van der Waals surface area contributed by atoms with Gasteiger partial charge in [0.05, 0.1) is 24.0 Å². The highest BCUT2D eigenvalue weighted by Crippen LogP contribution is 2.42. The van der Waals surface area contributed by atoms with Gasteiger partial charge in [-0.3, -0.25) is 4.79 Å². The zero-order valence-corrected chi connectivity index (χ0v) is 17.2. The van der Waals surface area contributed by atoms with Crippen LogP contribution in [0.3, 0.4) is 0 Å². The molecule has 150 valence electrons. The first-order chi connectivity index (χ1) is 14.2. The van der Waals surface area contributed by atoms with E-state index in [1.54, 1.807) is 0 Å². The molecule has 1 aliphatic heterocycles. The van der Waals surface area contributed by atoms with Crippen molar-refractivity contribution >= 4 is 11.6 Å². The van der Waals surface area contributed by atoms with Crippen molar-refractivity contribution in [3.63, 3.8) is 0 Å². The van der Waals surface area contributed by atoms with E-state index in [0.717, 1.165) is 40.2 Å². The first kappa shape index (κ1) is 19.3. The topological polar surface area (TPSA) is 63.1 Å². The minimum atomic E-state index is 0.104. The number of rotatable bonds is 5. The monoisotopic (exact) mass is 389 g/mol. The van der Waals surface area contributed by atoms with Crippen LogP contribution in [0.5, 0.6) is 0 Å². The van der Waals surface area contributed by atoms with Crippen molar-refractivity contribution < 1.29 is 4.79 Å². The molecule has 0 radical (unpaired) electrons. The van der Waals surface area contributed by atoms with Gasteiger partial charge in [-0.2, -0.15) is 0 Å². The molecule has 1 aliphatic rings. The average Bonchev–Trinajstić information content (AvgIpc) is 3.18. The highest BCUT2D eigenvalue weighted by Gasteiger charge is 2.29. The van der Waals surface area contributed by atoms with Gasteiger partial charge >= 0.3 is 0 Å². The van der Waals surface area contributed by atoms with Crippen LogP contribution in [0.4, 0.5) is 5.69 Å². The molecule has 0 fully saturated rings. The summed E-state index contributed by atoms with van der Waals surface area (Å²) in [5.74, 6) is 0.104. The molecule has 6 heteroatoms. The first-order valence-electron chi connectivity index (χ1n) is 10.2. The van der Waals surface area contributed by atoms with E-state index in [4.69, 9.17) is 0 Å². The van der Waals surface area contributed by atoms with E-state index >= 15 is 0 Å². The molecule has 1 amide bonds. The molecular weight excluding hydrogens is 362 g/mol. The minimum absolute atomic E-state index is 0.104. The number of para-hydroxylation sites is 1. The Bertz CT molecular complexity index is 1030. The highest BCUT2D eigenvalue weighted by atomic mass is 16.2. The highest BCUT2D eigenvalue weighted by molar-refractivity contribution is 6.00. The Hall–Kier alpha value is -2.99. The van der Waals surface area contributed by atoms with Crippen molar-refractivity contribution in [2.75, 3.05) is 18.5 Å². The molecule has 0 spiro atoms. The smallest absolute Gasteiger partial charge is 0.228 e. The molecule has 1 aromatic heterocycles. The minimum Gasteiger partial charge on any atom is -0.319 e. The van der Waals surface area contributed by atoms with Gasteiger partial charge in [0, 0.05) is 24.1 Å². The van der Waals surface area contributed by atoms with Crippen LogP contribution < -0.4 is 10.2 Å². The number of carbonyl (C=O) groups is 1. The third-order valence-corrected chi connectivity index (χ3v) is 5.64. The van der Waals surface area contributed by atoms with E-state index < -0.39 is 0 Å². The average molecular weight is 390 g/mol.